The summed E-state index contributed by atoms with van der Waals surface area (Å²) in [5.74, 6) is 0.862. The number of halogens is 3. The fraction of sp³-hybridized carbons (Fsp3) is 0.800. The molecule has 0 spiro atoms. The molecule has 1 saturated heterocycles. The van der Waals surface area contributed by atoms with Gasteiger partial charge in [-0.15, -0.1) is 0 Å². The van der Waals surface area contributed by atoms with Crippen molar-refractivity contribution in [1.29, 1.82) is 0 Å². The third-order valence-electron chi connectivity index (χ3n) is 2.68. The van der Waals surface area contributed by atoms with Crippen molar-refractivity contribution in [1.82, 2.24) is 15.5 Å². The van der Waals surface area contributed by atoms with E-state index in [0.717, 1.165) is 25.9 Å². The molecule has 0 amide bonds. The highest BCUT2D eigenvalue weighted by molar-refractivity contribution is 4.97. The highest BCUT2D eigenvalue weighted by atomic mass is 19.4. The van der Waals surface area contributed by atoms with E-state index in [1.807, 2.05) is 0 Å². The number of ether oxygens (including phenoxy) is 1. The maximum atomic E-state index is 11.9. The van der Waals surface area contributed by atoms with Crippen LogP contribution in [0.3, 0.4) is 0 Å². The van der Waals surface area contributed by atoms with Gasteiger partial charge in [-0.05, 0) is 25.9 Å². The SMILES string of the molecule is FC(F)(F)COCc1nc(C2CCNCC2)no1. The van der Waals surface area contributed by atoms with Gasteiger partial charge in [-0.3, -0.25) is 0 Å². The smallest absolute Gasteiger partial charge is 0.362 e. The van der Waals surface area contributed by atoms with E-state index >= 15 is 0 Å². The number of nitrogens with one attached hydrogen (secondary N) is 1. The van der Waals surface area contributed by atoms with E-state index in [-0.39, 0.29) is 18.4 Å². The fourth-order valence-electron chi connectivity index (χ4n) is 1.83. The molecule has 0 atom stereocenters. The molecule has 2 heterocycles. The van der Waals surface area contributed by atoms with Crippen LogP contribution < -0.4 is 5.32 Å². The van der Waals surface area contributed by atoms with Gasteiger partial charge in [0.25, 0.3) is 5.89 Å². The van der Waals surface area contributed by atoms with Gasteiger partial charge in [0.15, 0.2) is 5.82 Å². The van der Waals surface area contributed by atoms with Crippen molar-refractivity contribution in [3.8, 4) is 0 Å². The van der Waals surface area contributed by atoms with Crippen molar-refractivity contribution in [3.05, 3.63) is 11.7 Å². The van der Waals surface area contributed by atoms with Crippen LogP contribution in [0.1, 0.15) is 30.5 Å². The lowest BCUT2D eigenvalue weighted by molar-refractivity contribution is -0.178. The molecule has 0 aliphatic carbocycles. The number of piperidine rings is 1. The van der Waals surface area contributed by atoms with Crippen molar-refractivity contribution in [3.63, 3.8) is 0 Å². The van der Waals surface area contributed by atoms with E-state index in [1.165, 1.54) is 0 Å². The number of nitrogens with zero attached hydrogens (tertiary/aromatic N) is 2. The minimum Gasteiger partial charge on any atom is -0.362 e. The summed E-state index contributed by atoms with van der Waals surface area (Å²) in [7, 11) is 0. The van der Waals surface area contributed by atoms with Gasteiger partial charge in [0.2, 0.25) is 0 Å². The average Bonchev–Trinajstić information content (AvgIpc) is 2.77. The Bertz CT molecular complexity index is 375. The first-order valence-corrected chi connectivity index (χ1v) is 5.72. The molecule has 1 aromatic rings. The second-order valence-electron chi connectivity index (χ2n) is 4.18. The van der Waals surface area contributed by atoms with Crippen LogP contribution in [0.2, 0.25) is 0 Å². The Morgan fingerprint density at radius 1 is 1.33 bits per heavy atom. The lowest BCUT2D eigenvalue weighted by Gasteiger charge is -2.18. The van der Waals surface area contributed by atoms with Gasteiger partial charge < -0.3 is 14.6 Å². The molecule has 1 fully saturated rings. The monoisotopic (exact) mass is 265 g/mol. The van der Waals surface area contributed by atoms with Crippen LogP contribution in [-0.2, 0) is 11.3 Å². The molecule has 0 unspecified atom stereocenters. The van der Waals surface area contributed by atoms with Gasteiger partial charge in [0.1, 0.15) is 13.2 Å². The molecule has 1 aliphatic heterocycles. The molecule has 8 heteroatoms. The number of hydrogen-bond donors (Lipinski definition) is 1. The summed E-state index contributed by atoms with van der Waals surface area (Å²) in [6.07, 6.45) is -2.53. The third kappa shape index (κ3) is 3.95. The molecule has 0 saturated carbocycles. The number of rotatable bonds is 4. The Morgan fingerprint density at radius 3 is 2.72 bits per heavy atom. The van der Waals surface area contributed by atoms with E-state index in [2.05, 4.69) is 20.2 Å². The minimum atomic E-state index is -4.34. The predicted octanol–water partition coefficient (Wildman–Crippen LogP) is 1.62. The summed E-state index contributed by atoms with van der Waals surface area (Å²) in [5, 5.41) is 6.99. The van der Waals surface area contributed by atoms with E-state index in [9.17, 15) is 13.2 Å². The zero-order chi connectivity index (χ0) is 13.0. The summed E-state index contributed by atoms with van der Waals surface area (Å²) in [6, 6.07) is 0. The van der Waals surface area contributed by atoms with Gasteiger partial charge in [-0.1, -0.05) is 5.16 Å². The van der Waals surface area contributed by atoms with Crippen LogP contribution in [-0.4, -0.2) is 36.0 Å². The molecule has 0 aromatic carbocycles. The third-order valence-corrected chi connectivity index (χ3v) is 2.68. The number of hydrogen-bond acceptors (Lipinski definition) is 5. The Morgan fingerprint density at radius 2 is 2.06 bits per heavy atom. The largest absolute Gasteiger partial charge is 0.411 e. The summed E-state index contributed by atoms with van der Waals surface area (Å²) < 4.78 is 44.9. The van der Waals surface area contributed by atoms with Crippen LogP contribution in [0.4, 0.5) is 13.2 Å². The quantitative estimate of drug-likeness (QED) is 0.896. The normalized spacial score (nSPS) is 18.2. The Balaban J connectivity index is 1.82. The van der Waals surface area contributed by atoms with Crippen molar-refractivity contribution in [2.45, 2.75) is 31.5 Å². The van der Waals surface area contributed by atoms with Crippen LogP contribution >= 0.6 is 0 Å². The Hall–Kier alpha value is -1.15. The highest BCUT2D eigenvalue weighted by Gasteiger charge is 2.28. The zero-order valence-electron chi connectivity index (χ0n) is 9.66. The van der Waals surface area contributed by atoms with Gasteiger partial charge in [0, 0.05) is 5.92 Å². The van der Waals surface area contributed by atoms with Gasteiger partial charge in [-0.25, -0.2) is 0 Å². The van der Waals surface area contributed by atoms with Crippen molar-refractivity contribution < 1.29 is 22.4 Å². The lowest BCUT2D eigenvalue weighted by atomic mass is 9.98. The average molecular weight is 265 g/mol. The first-order chi connectivity index (χ1) is 8.54. The number of aromatic nitrogens is 2. The maximum Gasteiger partial charge on any atom is 0.411 e. The van der Waals surface area contributed by atoms with Crippen LogP contribution in [0.5, 0.6) is 0 Å². The van der Waals surface area contributed by atoms with Crippen LogP contribution in [0.25, 0.3) is 0 Å². The standard InChI is InChI=1S/C10H14F3N3O2/c11-10(12,13)6-17-5-8-15-9(16-18-8)7-1-3-14-4-2-7/h7,14H,1-6H2. The van der Waals surface area contributed by atoms with Crippen LogP contribution in [0.15, 0.2) is 4.52 Å². The number of alkyl halides is 3. The summed E-state index contributed by atoms with van der Waals surface area (Å²) in [5.41, 5.74) is 0. The molecular weight excluding hydrogens is 251 g/mol. The maximum absolute atomic E-state index is 11.9. The van der Waals surface area contributed by atoms with E-state index in [0.29, 0.717) is 5.82 Å². The van der Waals surface area contributed by atoms with Crippen molar-refractivity contribution >= 4 is 0 Å². The second-order valence-corrected chi connectivity index (χ2v) is 4.18. The summed E-state index contributed by atoms with van der Waals surface area (Å²) in [6.45, 7) is 0.160. The fourth-order valence-corrected chi connectivity index (χ4v) is 1.83. The molecule has 102 valence electrons. The topological polar surface area (TPSA) is 60.2 Å². The first kappa shape index (κ1) is 13.3. The molecule has 18 heavy (non-hydrogen) atoms. The molecule has 0 bridgehead atoms. The highest BCUT2D eigenvalue weighted by Crippen LogP contribution is 2.22. The van der Waals surface area contributed by atoms with Gasteiger partial charge in [-0.2, -0.15) is 18.2 Å². The van der Waals surface area contributed by atoms with E-state index < -0.39 is 12.8 Å². The summed E-state index contributed by atoms with van der Waals surface area (Å²) >= 11 is 0. The molecule has 2 rings (SSSR count). The molecule has 0 radical (unpaired) electrons. The molecule has 5 nitrogen and oxygen atoms in total. The molecule has 1 N–H and O–H groups in total. The lowest BCUT2D eigenvalue weighted by Crippen LogP contribution is -2.27. The van der Waals surface area contributed by atoms with Crippen molar-refractivity contribution in [2.75, 3.05) is 19.7 Å². The summed E-state index contributed by atoms with van der Waals surface area (Å²) in [4.78, 5) is 4.06. The van der Waals surface area contributed by atoms with Crippen molar-refractivity contribution in [2.24, 2.45) is 0 Å². The van der Waals surface area contributed by atoms with Gasteiger partial charge in [0.05, 0.1) is 0 Å². The molecule has 1 aliphatic rings. The minimum absolute atomic E-state index is 0.0905. The van der Waals surface area contributed by atoms with E-state index in [4.69, 9.17) is 4.52 Å². The molecular formula is C10H14F3N3O2. The molecule has 1 aromatic heterocycles. The van der Waals surface area contributed by atoms with E-state index in [1.54, 1.807) is 0 Å². The first-order valence-electron chi connectivity index (χ1n) is 5.72. The predicted molar refractivity (Wildman–Crippen MR) is 54.9 cm³/mol. The Labute approximate surface area is 102 Å². The zero-order valence-corrected chi connectivity index (χ0v) is 9.66. The van der Waals surface area contributed by atoms with Gasteiger partial charge >= 0.3 is 6.18 Å². The Kier molecular flexibility index (Phi) is 4.18. The van der Waals surface area contributed by atoms with Crippen LogP contribution in [0, 0.1) is 0 Å². The second kappa shape index (κ2) is 5.66.